The van der Waals surface area contributed by atoms with Crippen LogP contribution >= 0.6 is 0 Å². The molecule has 2 aliphatic rings. The maximum Gasteiger partial charge on any atom is 0.244 e. The van der Waals surface area contributed by atoms with Gasteiger partial charge in [0.15, 0.2) is 0 Å². The molecule has 31 heavy (non-hydrogen) atoms. The Kier molecular flexibility index (Phi) is 5.40. The van der Waals surface area contributed by atoms with Gasteiger partial charge in [0.25, 0.3) is 0 Å². The van der Waals surface area contributed by atoms with Crippen LogP contribution in [0.1, 0.15) is 41.4 Å². The molecule has 0 N–H and O–H groups in total. The summed E-state index contributed by atoms with van der Waals surface area (Å²) < 4.78 is 1.68. The van der Waals surface area contributed by atoms with E-state index in [-0.39, 0.29) is 18.4 Å². The van der Waals surface area contributed by atoms with Crippen LogP contribution in [0.4, 0.5) is 5.82 Å². The molecule has 1 aromatic carbocycles. The van der Waals surface area contributed by atoms with E-state index < -0.39 is 0 Å². The number of likely N-dealkylation sites (tertiary alicyclic amines) is 1. The molecule has 1 unspecified atom stereocenters. The highest BCUT2D eigenvalue weighted by Crippen LogP contribution is 2.32. The van der Waals surface area contributed by atoms with Crippen molar-refractivity contribution in [3.8, 4) is 0 Å². The highest BCUT2D eigenvalue weighted by atomic mass is 16.2. The third-order valence-electron chi connectivity index (χ3n) is 6.34. The zero-order chi connectivity index (χ0) is 21.2. The molecule has 1 saturated heterocycles. The molecule has 5 rings (SSSR count). The predicted molar refractivity (Wildman–Crippen MR) is 119 cm³/mol. The summed E-state index contributed by atoms with van der Waals surface area (Å²) in [6.45, 7) is 5.69. The van der Waals surface area contributed by atoms with Gasteiger partial charge in [-0.15, -0.1) is 0 Å². The zero-order valence-electron chi connectivity index (χ0n) is 17.9. The number of carbonyl (C=O) groups is 1. The number of rotatable bonds is 5. The molecule has 0 bridgehead atoms. The number of anilines is 1. The third-order valence-corrected chi connectivity index (χ3v) is 6.34. The molecule has 2 aromatic heterocycles. The van der Waals surface area contributed by atoms with Crippen LogP contribution < -0.4 is 4.90 Å². The van der Waals surface area contributed by atoms with E-state index in [0.717, 1.165) is 56.2 Å². The van der Waals surface area contributed by atoms with Gasteiger partial charge in [0.05, 0.1) is 0 Å². The molecule has 3 aromatic rings. The van der Waals surface area contributed by atoms with Gasteiger partial charge in [0.1, 0.15) is 18.2 Å². The van der Waals surface area contributed by atoms with Crippen LogP contribution in [0.5, 0.6) is 0 Å². The van der Waals surface area contributed by atoms with Gasteiger partial charge in [-0.1, -0.05) is 30.3 Å². The lowest BCUT2D eigenvalue weighted by Crippen LogP contribution is -2.33. The second-order valence-corrected chi connectivity index (χ2v) is 8.51. The number of amides is 1. The Morgan fingerprint density at radius 1 is 1.13 bits per heavy atom. The van der Waals surface area contributed by atoms with Gasteiger partial charge in [0.2, 0.25) is 5.91 Å². The van der Waals surface area contributed by atoms with E-state index in [9.17, 15) is 4.79 Å². The number of benzene rings is 1. The van der Waals surface area contributed by atoms with Crippen molar-refractivity contribution in [1.29, 1.82) is 0 Å². The highest BCUT2D eigenvalue weighted by molar-refractivity contribution is 5.76. The molecule has 2 aliphatic heterocycles. The van der Waals surface area contributed by atoms with Gasteiger partial charge >= 0.3 is 0 Å². The van der Waals surface area contributed by atoms with Gasteiger partial charge in [-0.25, -0.2) is 9.97 Å². The number of nitrogens with zero attached hydrogens (tertiary/aromatic N) is 6. The van der Waals surface area contributed by atoms with E-state index in [1.165, 1.54) is 11.1 Å². The molecule has 4 heterocycles. The molecule has 1 amide bonds. The molecule has 0 radical (unpaired) electrons. The average molecular weight is 417 g/mol. The lowest BCUT2D eigenvalue weighted by atomic mass is 10.0. The second kappa shape index (κ2) is 8.49. The molecule has 0 aliphatic carbocycles. The summed E-state index contributed by atoms with van der Waals surface area (Å²) in [5.41, 5.74) is 3.65. The SMILES string of the molecule is Cc1nc(C2CCN(C(=O)Cn3cccn3)C2)nc2c1CCCN2Cc1ccccc1. The van der Waals surface area contributed by atoms with Crippen LogP contribution in [0.2, 0.25) is 0 Å². The molecule has 0 spiro atoms. The van der Waals surface area contributed by atoms with E-state index in [2.05, 4.69) is 47.3 Å². The molecular formula is C24H28N6O. The van der Waals surface area contributed by atoms with Gasteiger partial charge in [-0.05, 0) is 37.8 Å². The first-order chi connectivity index (χ1) is 15.2. The van der Waals surface area contributed by atoms with Crippen LogP contribution in [0.25, 0.3) is 0 Å². The van der Waals surface area contributed by atoms with Crippen LogP contribution in [0.3, 0.4) is 0 Å². The topological polar surface area (TPSA) is 67.2 Å². The normalized spacial score (nSPS) is 18.3. The quantitative estimate of drug-likeness (QED) is 0.640. The summed E-state index contributed by atoms with van der Waals surface area (Å²) in [5, 5.41) is 4.15. The van der Waals surface area contributed by atoms with Crippen LogP contribution in [0, 0.1) is 6.92 Å². The number of carbonyl (C=O) groups excluding carboxylic acids is 1. The summed E-state index contributed by atoms with van der Waals surface area (Å²) >= 11 is 0. The number of hydrogen-bond donors (Lipinski definition) is 0. The molecule has 160 valence electrons. The van der Waals surface area contributed by atoms with Crippen LogP contribution in [-0.2, 0) is 24.3 Å². The summed E-state index contributed by atoms with van der Waals surface area (Å²) in [6.07, 6.45) is 6.59. The zero-order valence-corrected chi connectivity index (χ0v) is 17.9. The summed E-state index contributed by atoms with van der Waals surface area (Å²) in [7, 11) is 0. The number of aromatic nitrogens is 4. The van der Waals surface area contributed by atoms with E-state index in [1.54, 1.807) is 10.9 Å². The van der Waals surface area contributed by atoms with E-state index in [4.69, 9.17) is 9.97 Å². The number of fused-ring (bicyclic) bond motifs is 1. The molecule has 1 fully saturated rings. The Bertz CT molecular complexity index is 1050. The fraction of sp³-hybridized carbons (Fsp3) is 0.417. The Morgan fingerprint density at radius 2 is 2.00 bits per heavy atom. The first-order valence-electron chi connectivity index (χ1n) is 11.1. The molecule has 7 heteroatoms. The van der Waals surface area contributed by atoms with Crippen LogP contribution in [0.15, 0.2) is 48.8 Å². The Balaban J connectivity index is 1.34. The molecule has 0 saturated carbocycles. The van der Waals surface area contributed by atoms with Gasteiger partial charge in [0, 0.05) is 55.7 Å². The lowest BCUT2D eigenvalue weighted by Gasteiger charge is -2.31. The first kappa shape index (κ1) is 19.7. The fourth-order valence-electron chi connectivity index (χ4n) is 4.68. The van der Waals surface area contributed by atoms with Crippen molar-refractivity contribution >= 4 is 11.7 Å². The Morgan fingerprint density at radius 3 is 2.81 bits per heavy atom. The summed E-state index contributed by atoms with van der Waals surface area (Å²) in [5.74, 6) is 2.25. The number of hydrogen-bond acceptors (Lipinski definition) is 5. The second-order valence-electron chi connectivity index (χ2n) is 8.51. The maximum absolute atomic E-state index is 12.7. The van der Waals surface area contributed by atoms with Crippen molar-refractivity contribution in [3.05, 3.63) is 71.4 Å². The Labute approximate surface area is 182 Å². The minimum atomic E-state index is 0.103. The van der Waals surface area contributed by atoms with Gasteiger partial charge < -0.3 is 9.80 Å². The average Bonchev–Trinajstić information content (AvgIpc) is 3.47. The lowest BCUT2D eigenvalue weighted by molar-refractivity contribution is -0.131. The largest absolute Gasteiger partial charge is 0.352 e. The number of aryl methyl sites for hydroxylation is 1. The van der Waals surface area contributed by atoms with E-state index >= 15 is 0 Å². The predicted octanol–water partition coefficient (Wildman–Crippen LogP) is 2.95. The van der Waals surface area contributed by atoms with Gasteiger partial charge in [-0.2, -0.15) is 5.10 Å². The van der Waals surface area contributed by atoms with E-state index in [1.807, 2.05) is 17.2 Å². The van der Waals surface area contributed by atoms with E-state index in [0.29, 0.717) is 6.54 Å². The Hall–Kier alpha value is -3.22. The monoisotopic (exact) mass is 416 g/mol. The van der Waals surface area contributed by atoms with Crippen LogP contribution in [-0.4, -0.2) is 50.2 Å². The molecular weight excluding hydrogens is 388 g/mol. The van der Waals surface area contributed by atoms with Crippen molar-refractivity contribution in [1.82, 2.24) is 24.6 Å². The minimum absolute atomic E-state index is 0.103. The van der Waals surface area contributed by atoms with Crippen molar-refractivity contribution in [2.75, 3.05) is 24.5 Å². The minimum Gasteiger partial charge on any atom is -0.352 e. The first-order valence-corrected chi connectivity index (χ1v) is 11.1. The fourth-order valence-corrected chi connectivity index (χ4v) is 4.68. The van der Waals surface area contributed by atoms with Crippen molar-refractivity contribution < 1.29 is 4.79 Å². The van der Waals surface area contributed by atoms with Crippen molar-refractivity contribution in [2.45, 2.75) is 45.2 Å². The molecule has 7 nitrogen and oxygen atoms in total. The smallest absolute Gasteiger partial charge is 0.244 e. The third kappa shape index (κ3) is 4.17. The summed E-state index contributed by atoms with van der Waals surface area (Å²) in [4.78, 5) is 26.9. The molecule has 1 atom stereocenters. The summed E-state index contributed by atoms with van der Waals surface area (Å²) in [6, 6.07) is 12.4. The highest BCUT2D eigenvalue weighted by Gasteiger charge is 2.31. The standard InChI is InChI=1S/C24H28N6O/c1-18-21-9-5-12-29(15-19-7-3-2-4-8-19)24(21)27-23(26-18)20-10-14-28(16-20)22(31)17-30-13-6-11-25-30/h2-4,6-8,11,13,20H,5,9-10,12,14-17H2,1H3. The van der Waals surface area contributed by atoms with Crippen molar-refractivity contribution in [2.24, 2.45) is 0 Å². The van der Waals surface area contributed by atoms with Crippen molar-refractivity contribution in [3.63, 3.8) is 0 Å². The van der Waals surface area contributed by atoms with Gasteiger partial charge in [-0.3, -0.25) is 9.48 Å². The maximum atomic E-state index is 12.7.